The zero-order valence-electron chi connectivity index (χ0n) is 12.3. The lowest BCUT2D eigenvalue weighted by Gasteiger charge is -2.23. The Morgan fingerprint density at radius 3 is 2.76 bits per heavy atom. The topological polar surface area (TPSA) is 34.2 Å². The van der Waals surface area contributed by atoms with Crippen molar-refractivity contribution in [3.63, 3.8) is 0 Å². The molecule has 0 radical (unpaired) electrons. The van der Waals surface area contributed by atoms with Crippen LogP contribution in [0.4, 0.5) is 0 Å². The minimum atomic E-state index is 0.312. The van der Waals surface area contributed by atoms with Gasteiger partial charge in [-0.3, -0.25) is 4.98 Å². The van der Waals surface area contributed by atoms with Gasteiger partial charge < -0.3 is 10.1 Å². The standard InChI is InChI=1S/C18H22N2O/c1-3-15(6-7-16-5-2-8-19-13-16)11-17(4-1)12-18-14-20-9-10-21-18/h1-5,8,11,13,18,20H,6-7,9-10,12,14H2. The molecule has 1 N–H and O–H groups in total. The molecule has 1 aromatic heterocycles. The average molecular weight is 282 g/mol. The quantitative estimate of drug-likeness (QED) is 0.914. The van der Waals surface area contributed by atoms with Crippen LogP contribution in [0.3, 0.4) is 0 Å². The van der Waals surface area contributed by atoms with Crippen molar-refractivity contribution in [3.8, 4) is 0 Å². The predicted molar refractivity (Wildman–Crippen MR) is 84.4 cm³/mol. The highest BCUT2D eigenvalue weighted by Crippen LogP contribution is 2.12. The fourth-order valence-corrected chi connectivity index (χ4v) is 2.76. The van der Waals surface area contributed by atoms with Crippen molar-refractivity contribution in [3.05, 3.63) is 65.5 Å². The number of pyridine rings is 1. The summed E-state index contributed by atoms with van der Waals surface area (Å²) in [6.45, 7) is 2.76. The Hall–Kier alpha value is -1.71. The largest absolute Gasteiger partial charge is 0.375 e. The van der Waals surface area contributed by atoms with Crippen LogP contribution in [-0.4, -0.2) is 30.8 Å². The third-order valence-electron chi connectivity index (χ3n) is 3.88. The average Bonchev–Trinajstić information content (AvgIpc) is 2.55. The van der Waals surface area contributed by atoms with Crippen LogP contribution >= 0.6 is 0 Å². The molecule has 2 aromatic rings. The van der Waals surface area contributed by atoms with Crippen LogP contribution < -0.4 is 5.32 Å². The first-order chi connectivity index (χ1) is 10.4. The molecule has 3 heteroatoms. The molecule has 1 saturated heterocycles. The van der Waals surface area contributed by atoms with Gasteiger partial charge in [-0.1, -0.05) is 30.3 Å². The number of nitrogens with one attached hydrogen (secondary N) is 1. The van der Waals surface area contributed by atoms with E-state index in [9.17, 15) is 0 Å². The molecule has 110 valence electrons. The summed E-state index contributed by atoms with van der Waals surface area (Å²) >= 11 is 0. The lowest BCUT2D eigenvalue weighted by Crippen LogP contribution is -2.39. The number of benzene rings is 1. The lowest BCUT2D eigenvalue weighted by molar-refractivity contribution is 0.0292. The summed E-state index contributed by atoms with van der Waals surface area (Å²) in [5, 5.41) is 3.38. The monoisotopic (exact) mass is 282 g/mol. The van der Waals surface area contributed by atoms with Crippen LogP contribution in [0, 0.1) is 0 Å². The van der Waals surface area contributed by atoms with Crippen molar-refractivity contribution >= 4 is 0 Å². The van der Waals surface area contributed by atoms with Gasteiger partial charge >= 0.3 is 0 Å². The van der Waals surface area contributed by atoms with Gasteiger partial charge in [0.05, 0.1) is 12.7 Å². The second kappa shape index (κ2) is 7.34. The van der Waals surface area contributed by atoms with Gasteiger partial charge in [0.25, 0.3) is 0 Å². The van der Waals surface area contributed by atoms with Crippen molar-refractivity contribution < 1.29 is 4.74 Å². The number of aromatic nitrogens is 1. The second-order valence-corrected chi connectivity index (χ2v) is 5.58. The molecule has 3 nitrogen and oxygen atoms in total. The van der Waals surface area contributed by atoms with E-state index in [4.69, 9.17) is 4.74 Å². The summed E-state index contributed by atoms with van der Waals surface area (Å²) in [4.78, 5) is 4.17. The summed E-state index contributed by atoms with van der Waals surface area (Å²) in [7, 11) is 0. The highest BCUT2D eigenvalue weighted by Gasteiger charge is 2.13. The molecule has 1 aromatic carbocycles. The molecule has 0 aliphatic carbocycles. The summed E-state index contributed by atoms with van der Waals surface area (Å²) in [5.41, 5.74) is 4.05. The molecular formula is C18H22N2O. The van der Waals surface area contributed by atoms with Crippen LogP contribution in [0.1, 0.15) is 16.7 Å². The van der Waals surface area contributed by atoms with Gasteiger partial charge in [0.15, 0.2) is 0 Å². The van der Waals surface area contributed by atoms with Gasteiger partial charge in [-0.25, -0.2) is 0 Å². The van der Waals surface area contributed by atoms with Crippen LogP contribution in [0.5, 0.6) is 0 Å². The summed E-state index contributed by atoms with van der Waals surface area (Å²) in [5.74, 6) is 0. The summed E-state index contributed by atoms with van der Waals surface area (Å²) < 4.78 is 5.78. The van der Waals surface area contributed by atoms with E-state index in [0.29, 0.717) is 6.10 Å². The third kappa shape index (κ3) is 4.38. The van der Waals surface area contributed by atoms with Crippen molar-refractivity contribution in [2.45, 2.75) is 25.4 Å². The Balaban J connectivity index is 1.57. The molecule has 0 saturated carbocycles. The maximum Gasteiger partial charge on any atom is 0.0740 e. The van der Waals surface area contributed by atoms with Gasteiger partial charge in [0.2, 0.25) is 0 Å². The van der Waals surface area contributed by atoms with Crippen molar-refractivity contribution in [1.29, 1.82) is 0 Å². The molecule has 1 fully saturated rings. The van der Waals surface area contributed by atoms with Gasteiger partial charge in [-0.15, -0.1) is 0 Å². The molecule has 3 rings (SSSR count). The molecule has 2 heterocycles. The second-order valence-electron chi connectivity index (χ2n) is 5.58. The number of hydrogen-bond donors (Lipinski definition) is 1. The first-order valence-electron chi connectivity index (χ1n) is 7.69. The van der Waals surface area contributed by atoms with Gasteiger partial charge in [-0.05, 0) is 42.0 Å². The van der Waals surface area contributed by atoms with Gasteiger partial charge in [0.1, 0.15) is 0 Å². The van der Waals surface area contributed by atoms with Gasteiger partial charge in [0, 0.05) is 25.5 Å². The summed E-state index contributed by atoms with van der Waals surface area (Å²) in [6, 6.07) is 13.0. The number of hydrogen-bond acceptors (Lipinski definition) is 3. The highest BCUT2D eigenvalue weighted by molar-refractivity contribution is 5.25. The van der Waals surface area contributed by atoms with Gasteiger partial charge in [-0.2, -0.15) is 0 Å². The molecule has 0 spiro atoms. The fraction of sp³-hybridized carbons (Fsp3) is 0.389. The molecule has 1 aliphatic heterocycles. The normalized spacial score (nSPS) is 18.6. The number of rotatable bonds is 5. The first kappa shape index (κ1) is 14.2. The number of aryl methyl sites for hydroxylation is 2. The molecule has 1 atom stereocenters. The maximum absolute atomic E-state index is 5.78. The molecule has 0 bridgehead atoms. The molecule has 21 heavy (non-hydrogen) atoms. The SMILES string of the molecule is c1cncc(CCc2cccc(CC3CNCCO3)c2)c1. The summed E-state index contributed by atoms with van der Waals surface area (Å²) in [6.07, 6.45) is 7.18. The number of ether oxygens (including phenoxy) is 1. The van der Waals surface area contributed by atoms with E-state index in [1.807, 2.05) is 18.5 Å². The van der Waals surface area contributed by atoms with Crippen LogP contribution in [0.15, 0.2) is 48.8 Å². The molecular weight excluding hydrogens is 260 g/mol. The van der Waals surface area contributed by atoms with E-state index in [-0.39, 0.29) is 0 Å². The van der Waals surface area contributed by atoms with Crippen LogP contribution in [0.2, 0.25) is 0 Å². The Labute approximate surface area is 126 Å². The predicted octanol–water partition coefficient (Wildman–Crippen LogP) is 2.40. The van der Waals surface area contributed by atoms with Crippen molar-refractivity contribution in [2.75, 3.05) is 19.7 Å². The van der Waals surface area contributed by atoms with Crippen LogP contribution in [0.25, 0.3) is 0 Å². The van der Waals surface area contributed by atoms with E-state index in [2.05, 4.69) is 40.6 Å². The Morgan fingerprint density at radius 1 is 1.10 bits per heavy atom. The van der Waals surface area contributed by atoms with E-state index < -0.39 is 0 Å². The smallest absolute Gasteiger partial charge is 0.0740 e. The van der Waals surface area contributed by atoms with Crippen molar-refractivity contribution in [2.24, 2.45) is 0 Å². The van der Waals surface area contributed by atoms with E-state index in [1.165, 1.54) is 16.7 Å². The molecule has 1 aliphatic rings. The highest BCUT2D eigenvalue weighted by atomic mass is 16.5. The Bertz CT molecular complexity index is 550. The lowest BCUT2D eigenvalue weighted by atomic mass is 10.0. The minimum Gasteiger partial charge on any atom is -0.375 e. The third-order valence-corrected chi connectivity index (χ3v) is 3.88. The zero-order chi connectivity index (χ0) is 14.3. The Kier molecular flexibility index (Phi) is 4.98. The van der Waals surface area contributed by atoms with E-state index in [0.717, 1.165) is 39.0 Å². The van der Waals surface area contributed by atoms with Crippen LogP contribution in [-0.2, 0) is 24.0 Å². The number of morpholine rings is 1. The van der Waals surface area contributed by atoms with Crippen molar-refractivity contribution in [1.82, 2.24) is 10.3 Å². The van der Waals surface area contributed by atoms with E-state index in [1.54, 1.807) is 0 Å². The zero-order valence-corrected chi connectivity index (χ0v) is 12.3. The minimum absolute atomic E-state index is 0.312. The fourth-order valence-electron chi connectivity index (χ4n) is 2.76. The Morgan fingerprint density at radius 2 is 1.95 bits per heavy atom. The number of nitrogens with zero attached hydrogens (tertiary/aromatic N) is 1. The maximum atomic E-state index is 5.78. The molecule has 1 unspecified atom stereocenters. The molecule has 0 amide bonds. The first-order valence-corrected chi connectivity index (χ1v) is 7.69. The van der Waals surface area contributed by atoms with E-state index >= 15 is 0 Å².